The van der Waals surface area contributed by atoms with Crippen molar-refractivity contribution < 1.29 is 4.79 Å². The molecule has 1 aromatic heterocycles. The quantitative estimate of drug-likeness (QED) is 0.592. The fourth-order valence-electron chi connectivity index (χ4n) is 1.89. The van der Waals surface area contributed by atoms with Crippen LogP contribution in [0, 0.1) is 13.8 Å². The molecule has 0 bridgehead atoms. The number of nitrogens with one attached hydrogen (secondary N) is 1. The van der Waals surface area contributed by atoms with Gasteiger partial charge in [0, 0.05) is 23.0 Å². The van der Waals surface area contributed by atoms with Crippen molar-refractivity contribution in [3.05, 3.63) is 23.0 Å². The van der Waals surface area contributed by atoms with Crippen molar-refractivity contribution in [1.82, 2.24) is 9.99 Å². The maximum Gasteiger partial charge on any atom is 0.332 e. The Morgan fingerprint density at radius 2 is 2.19 bits per heavy atom. The van der Waals surface area contributed by atoms with E-state index in [1.165, 1.54) is 5.69 Å². The Morgan fingerprint density at radius 3 is 2.62 bits per heavy atom. The molecule has 0 aromatic carbocycles. The fraction of sp³-hybridized carbons (Fsp3) is 0.455. The molecule has 0 radical (unpaired) electrons. The first kappa shape index (κ1) is 12.3. The summed E-state index contributed by atoms with van der Waals surface area (Å²) in [4.78, 5) is 10.4. The summed E-state index contributed by atoms with van der Waals surface area (Å²) in [6.07, 6.45) is 1.60. The van der Waals surface area contributed by atoms with Crippen molar-refractivity contribution in [1.29, 1.82) is 0 Å². The molecule has 1 rings (SSSR count). The number of carbonyl (C=O) groups excluding carboxylic acids is 1. The van der Waals surface area contributed by atoms with Crippen LogP contribution in [0.15, 0.2) is 11.2 Å². The van der Waals surface area contributed by atoms with Gasteiger partial charge in [0.2, 0.25) is 0 Å². The number of hydrogen-bond donors (Lipinski definition) is 2. The summed E-state index contributed by atoms with van der Waals surface area (Å²) in [5.41, 5.74) is 10.4. The van der Waals surface area contributed by atoms with Crippen molar-refractivity contribution >= 4 is 12.2 Å². The molecule has 0 aliphatic heterocycles. The number of hydrogen-bond acceptors (Lipinski definition) is 2. The Hall–Kier alpha value is -1.78. The van der Waals surface area contributed by atoms with Gasteiger partial charge >= 0.3 is 6.03 Å². The van der Waals surface area contributed by atoms with E-state index in [1.54, 1.807) is 6.21 Å². The standard InChI is InChI=1S/C11H18N4O/c1-7(2)15-8(3)5-10(9(15)4)6-13-14-11(12)16/h5-7H,1-4H3,(H3,12,14,16)/b13-6-. The highest BCUT2D eigenvalue weighted by molar-refractivity contribution is 5.83. The van der Waals surface area contributed by atoms with Crippen LogP contribution >= 0.6 is 0 Å². The van der Waals surface area contributed by atoms with Crippen molar-refractivity contribution in [2.24, 2.45) is 10.8 Å². The molecule has 0 aliphatic rings. The number of aromatic nitrogens is 1. The second kappa shape index (κ2) is 4.83. The minimum absolute atomic E-state index is 0.409. The summed E-state index contributed by atoms with van der Waals surface area (Å²) >= 11 is 0. The van der Waals surface area contributed by atoms with Crippen LogP contribution in [0.3, 0.4) is 0 Å². The molecule has 0 saturated carbocycles. The second-order valence-electron chi connectivity index (χ2n) is 4.02. The fourth-order valence-corrected chi connectivity index (χ4v) is 1.89. The molecule has 16 heavy (non-hydrogen) atoms. The molecule has 0 fully saturated rings. The number of aryl methyl sites for hydroxylation is 1. The smallest absolute Gasteiger partial charge is 0.332 e. The third kappa shape index (κ3) is 2.62. The van der Waals surface area contributed by atoms with Crippen LogP contribution in [0.2, 0.25) is 0 Å². The van der Waals surface area contributed by atoms with Crippen LogP contribution in [0.25, 0.3) is 0 Å². The molecule has 0 atom stereocenters. The summed E-state index contributed by atoms with van der Waals surface area (Å²) in [5.74, 6) is 0. The Labute approximate surface area is 95.3 Å². The minimum Gasteiger partial charge on any atom is -0.350 e. The third-order valence-corrected chi connectivity index (χ3v) is 2.42. The summed E-state index contributed by atoms with van der Waals surface area (Å²) in [6, 6.07) is 1.78. The predicted octanol–water partition coefficient (Wildman–Crippen LogP) is 1.69. The van der Waals surface area contributed by atoms with Gasteiger partial charge < -0.3 is 10.3 Å². The van der Waals surface area contributed by atoms with E-state index in [0.29, 0.717) is 6.04 Å². The van der Waals surface area contributed by atoms with E-state index in [9.17, 15) is 4.79 Å². The number of urea groups is 1. The van der Waals surface area contributed by atoms with Crippen molar-refractivity contribution in [3.8, 4) is 0 Å². The minimum atomic E-state index is -0.658. The number of amides is 2. The SMILES string of the molecule is Cc1cc(/C=N\NC(N)=O)c(C)n1C(C)C. The topological polar surface area (TPSA) is 72.4 Å². The van der Waals surface area contributed by atoms with Crippen LogP contribution in [0.5, 0.6) is 0 Å². The average Bonchev–Trinajstić information content (AvgIpc) is 2.41. The lowest BCUT2D eigenvalue weighted by Gasteiger charge is -2.13. The van der Waals surface area contributed by atoms with Crippen LogP contribution in [0.1, 0.15) is 36.8 Å². The van der Waals surface area contributed by atoms with Crippen LogP contribution in [-0.4, -0.2) is 16.8 Å². The van der Waals surface area contributed by atoms with E-state index in [0.717, 1.165) is 11.3 Å². The number of nitrogens with two attached hydrogens (primary N) is 1. The molecule has 3 N–H and O–H groups in total. The van der Waals surface area contributed by atoms with Gasteiger partial charge in [-0.25, -0.2) is 10.2 Å². The maximum absolute atomic E-state index is 10.4. The van der Waals surface area contributed by atoms with E-state index in [1.807, 2.05) is 19.9 Å². The Kier molecular flexibility index (Phi) is 3.71. The Balaban J connectivity index is 2.95. The van der Waals surface area contributed by atoms with Gasteiger partial charge in [0.15, 0.2) is 0 Å². The number of carbonyl (C=O) groups is 1. The van der Waals surface area contributed by atoms with Gasteiger partial charge in [-0.2, -0.15) is 5.10 Å². The second-order valence-corrected chi connectivity index (χ2v) is 4.02. The zero-order valence-corrected chi connectivity index (χ0v) is 10.1. The summed E-state index contributed by atoms with van der Waals surface area (Å²) in [5, 5.41) is 3.75. The van der Waals surface area contributed by atoms with Crippen LogP contribution in [0.4, 0.5) is 4.79 Å². The monoisotopic (exact) mass is 222 g/mol. The summed E-state index contributed by atoms with van der Waals surface area (Å²) in [7, 11) is 0. The molecule has 0 unspecified atom stereocenters. The third-order valence-electron chi connectivity index (χ3n) is 2.42. The van der Waals surface area contributed by atoms with Crippen molar-refractivity contribution in [2.75, 3.05) is 0 Å². The van der Waals surface area contributed by atoms with Crippen molar-refractivity contribution in [3.63, 3.8) is 0 Å². The summed E-state index contributed by atoms with van der Waals surface area (Å²) < 4.78 is 2.21. The van der Waals surface area contributed by atoms with E-state index >= 15 is 0 Å². The highest BCUT2D eigenvalue weighted by Crippen LogP contribution is 2.18. The van der Waals surface area contributed by atoms with Crippen LogP contribution < -0.4 is 11.2 Å². The molecule has 0 aliphatic carbocycles. The maximum atomic E-state index is 10.4. The first-order valence-corrected chi connectivity index (χ1v) is 5.20. The van der Waals surface area contributed by atoms with Crippen LogP contribution in [-0.2, 0) is 0 Å². The lowest BCUT2D eigenvalue weighted by molar-refractivity contribution is 0.249. The number of nitrogens with zero attached hydrogens (tertiary/aromatic N) is 2. The zero-order valence-electron chi connectivity index (χ0n) is 10.1. The van der Waals surface area contributed by atoms with Gasteiger partial charge in [-0.15, -0.1) is 0 Å². The number of primary amides is 1. The zero-order chi connectivity index (χ0) is 12.3. The Morgan fingerprint density at radius 1 is 1.56 bits per heavy atom. The first-order chi connectivity index (χ1) is 7.43. The van der Waals surface area contributed by atoms with Gasteiger partial charge in [-0.1, -0.05) is 0 Å². The molecular formula is C11H18N4O. The van der Waals surface area contributed by atoms with Crippen molar-refractivity contribution in [2.45, 2.75) is 33.7 Å². The number of hydrazone groups is 1. The predicted molar refractivity (Wildman–Crippen MR) is 64.6 cm³/mol. The molecule has 88 valence electrons. The summed E-state index contributed by atoms with van der Waals surface area (Å²) in [6.45, 7) is 8.33. The average molecular weight is 222 g/mol. The molecule has 2 amide bonds. The largest absolute Gasteiger partial charge is 0.350 e. The van der Waals surface area contributed by atoms with E-state index < -0.39 is 6.03 Å². The Bertz CT molecular complexity index is 418. The van der Waals surface area contributed by atoms with Gasteiger partial charge in [0.05, 0.1) is 6.21 Å². The highest BCUT2D eigenvalue weighted by atomic mass is 16.2. The lowest BCUT2D eigenvalue weighted by Crippen LogP contribution is -2.24. The lowest BCUT2D eigenvalue weighted by atomic mass is 10.2. The molecule has 5 nitrogen and oxygen atoms in total. The first-order valence-electron chi connectivity index (χ1n) is 5.20. The van der Waals surface area contributed by atoms with E-state index in [4.69, 9.17) is 5.73 Å². The normalized spacial score (nSPS) is 11.3. The molecule has 5 heteroatoms. The highest BCUT2D eigenvalue weighted by Gasteiger charge is 2.09. The van der Waals surface area contributed by atoms with Gasteiger partial charge in [-0.3, -0.25) is 0 Å². The molecule has 1 heterocycles. The van der Waals surface area contributed by atoms with Gasteiger partial charge in [0.25, 0.3) is 0 Å². The molecule has 0 spiro atoms. The van der Waals surface area contributed by atoms with Gasteiger partial charge in [-0.05, 0) is 33.8 Å². The molecule has 0 saturated heterocycles. The molecule has 1 aromatic rings. The van der Waals surface area contributed by atoms with E-state index in [2.05, 4.69) is 28.9 Å². The van der Waals surface area contributed by atoms with Gasteiger partial charge in [0.1, 0.15) is 0 Å². The van der Waals surface area contributed by atoms with E-state index in [-0.39, 0.29) is 0 Å². The molecular weight excluding hydrogens is 204 g/mol. The number of rotatable bonds is 3.